The maximum atomic E-state index is 13.5. The molecule has 0 aliphatic heterocycles. The van der Waals surface area contributed by atoms with Crippen LogP contribution in [0.1, 0.15) is 30.9 Å². The standard InChI is InChI=1S/C11H13FN2O2.ClH/c12-10-4-3-8(14(15)16)6-9(10)11(13)5-7-1-2-7;/h3-4,6-7,11H,1-2,5,13H2;1H/t11-;/m1./s1. The van der Waals surface area contributed by atoms with Crippen LogP contribution in [0.4, 0.5) is 10.1 Å². The van der Waals surface area contributed by atoms with Gasteiger partial charge in [0.05, 0.1) is 4.92 Å². The number of nitro benzene ring substituents is 1. The molecule has 0 saturated heterocycles. The van der Waals surface area contributed by atoms with Crippen molar-refractivity contribution in [3.63, 3.8) is 0 Å². The predicted octanol–water partition coefficient (Wildman–Crippen LogP) is 2.96. The Morgan fingerprint density at radius 1 is 1.53 bits per heavy atom. The molecule has 0 spiro atoms. The van der Waals surface area contributed by atoms with Gasteiger partial charge in [-0.1, -0.05) is 12.8 Å². The van der Waals surface area contributed by atoms with Gasteiger partial charge in [-0.2, -0.15) is 0 Å². The smallest absolute Gasteiger partial charge is 0.269 e. The maximum Gasteiger partial charge on any atom is 0.269 e. The normalized spacial score (nSPS) is 16.1. The minimum atomic E-state index is -0.535. The average molecular weight is 261 g/mol. The minimum absolute atomic E-state index is 0. The Morgan fingerprint density at radius 2 is 2.18 bits per heavy atom. The number of hydrogen-bond acceptors (Lipinski definition) is 3. The third-order valence-corrected chi connectivity index (χ3v) is 2.87. The van der Waals surface area contributed by atoms with E-state index < -0.39 is 16.8 Å². The Hall–Kier alpha value is -1.20. The number of nitrogens with zero attached hydrogens (tertiary/aromatic N) is 1. The van der Waals surface area contributed by atoms with Gasteiger partial charge in [0.25, 0.3) is 5.69 Å². The van der Waals surface area contributed by atoms with Crippen molar-refractivity contribution in [3.8, 4) is 0 Å². The molecule has 2 rings (SSSR count). The topological polar surface area (TPSA) is 69.2 Å². The molecule has 0 aromatic heterocycles. The van der Waals surface area contributed by atoms with Gasteiger partial charge >= 0.3 is 0 Å². The van der Waals surface area contributed by atoms with Crippen molar-refractivity contribution in [1.82, 2.24) is 0 Å². The summed E-state index contributed by atoms with van der Waals surface area (Å²) in [5.41, 5.74) is 5.99. The van der Waals surface area contributed by atoms with Crippen molar-refractivity contribution < 1.29 is 9.31 Å². The van der Waals surface area contributed by atoms with Crippen LogP contribution in [0.2, 0.25) is 0 Å². The van der Waals surface area contributed by atoms with Gasteiger partial charge in [-0.25, -0.2) is 4.39 Å². The molecule has 1 aromatic rings. The Kier molecular flexibility index (Phi) is 4.42. The summed E-state index contributed by atoms with van der Waals surface area (Å²) < 4.78 is 13.5. The molecule has 1 aliphatic carbocycles. The van der Waals surface area contributed by atoms with Crippen LogP contribution >= 0.6 is 12.4 Å². The Labute approximate surface area is 105 Å². The van der Waals surface area contributed by atoms with E-state index in [1.54, 1.807) is 0 Å². The van der Waals surface area contributed by atoms with Crippen LogP contribution in [-0.2, 0) is 0 Å². The molecule has 1 aliphatic rings. The SMILES string of the molecule is Cl.N[C@H](CC1CC1)c1cc([N+](=O)[O-])ccc1F. The van der Waals surface area contributed by atoms with Crippen LogP contribution in [0, 0.1) is 21.8 Å². The molecule has 1 atom stereocenters. The number of nitro groups is 1. The first kappa shape index (κ1) is 13.9. The van der Waals surface area contributed by atoms with Gasteiger partial charge in [0.15, 0.2) is 0 Å². The molecule has 0 bridgehead atoms. The fourth-order valence-electron chi connectivity index (χ4n) is 1.77. The summed E-state index contributed by atoms with van der Waals surface area (Å²) in [6.45, 7) is 0. The second kappa shape index (κ2) is 5.42. The van der Waals surface area contributed by atoms with Crippen LogP contribution in [0.15, 0.2) is 18.2 Å². The van der Waals surface area contributed by atoms with Crippen LogP contribution in [0.3, 0.4) is 0 Å². The lowest BCUT2D eigenvalue weighted by atomic mass is 10.0. The lowest BCUT2D eigenvalue weighted by molar-refractivity contribution is -0.385. The highest BCUT2D eigenvalue weighted by molar-refractivity contribution is 5.85. The van der Waals surface area contributed by atoms with Crippen LogP contribution in [-0.4, -0.2) is 4.92 Å². The molecule has 1 saturated carbocycles. The van der Waals surface area contributed by atoms with Gasteiger partial charge in [-0.05, 0) is 18.4 Å². The molecule has 2 N–H and O–H groups in total. The van der Waals surface area contributed by atoms with Gasteiger partial charge in [0.2, 0.25) is 0 Å². The van der Waals surface area contributed by atoms with E-state index in [0.717, 1.165) is 25.0 Å². The van der Waals surface area contributed by atoms with Crippen LogP contribution in [0.5, 0.6) is 0 Å². The fraction of sp³-hybridized carbons (Fsp3) is 0.455. The number of rotatable bonds is 4. The molecule has 94 valence electrons. The Bertz CT molecular complexity index is 424. The highest BCUT2D eigenvalue weighted by Gasteiger charge is 2.26. The van der Waals surface area contributed by atoms with Crippen molar-refractivity contribution >= 4 is 18.1 Å². The van der Waals surface area contributed by atoms with E-state index in [2.05, 4.69) is 0 Å². The zero-order valence-corrected chi connectivity index (χ0v) is 9.95. The molecule has 1 aromatic carbocycles. The van der Waals surface area contributed by atoms with E-state index in [-0.39, 0.29) is 23.7 Å². The molecule has 0 unspecified atom stereocenters. The second-order valence-corrected chi connectivity index (χ2v) is 4.25. The summed E-state index contributed by atoms with van der Waals surface area (Å²) in [7, 11) is 0. The van der Waals surface area contributed by atoms with Crippen LogP contribution < -0.4 is 5.73 Å². The number of hydrogen-bond donors (Lipinski definition) is 1. The molecule has 4 nitrogen and oxygen atoms in total. The lowest BCUT2D eigenvalue weighted by Crippen LogP contribution is -2.13. The zero-order valence-electron chi connectivity index (χ0n) is 9.14. The van der Waals surface area contributed by atoms with E-state index in [0.29, 0.717) is 12.3 Å². The molecule has 0 amide bonds. The van der Waals surface area contributed by atoms with E-state index >= 15 is 0 Å². The van der Waals surface area contributed by atoms with Gasteiger partial charge < -0.3 is 5.73 Å². The molecule has 0 heterocycles. The molecule has 17 heavy (non-hydrogen) atoms. The Morgan fingerprint density at radius 3 is 2.71 bits per heavy atom. The summed E-state index contributed by atoms with van der Waals surface area (Å²) in [5.74, 6) is 0.104. The highest BCUT2D eigenvalue weighted by Crippen LogP contribution is 2.37. The second-order valence-electron chi connectivity index (χ2n) is 4.25. The summed E-state index contributed by atoms with van der Waals surface area (Å²) in [4.78, 5) is 10.0. The number of non-ortho nitro benzene ring substituents is 1. The molecular formula is C11H14ClFN2O2. The zero-order chi connectivity index (χ0) is 11.7. The lowest BCUT2D eigenvalue weighted by Gasteiger charge is -2.11. The number of halogens is 2. The van der Waals surface area contributed by atoms with Gasteiger partial charge in [0.1, 0.15) is 5.82 Å². The quantitative estimate of drug-likeness (QED) is 0.668. The van der Waals surface area contributed by atoms with E-state index in [1.807, 2.05) is 0 Å². The fourth-order valence-corrected chi connectivity index (χ4v) is 1.77. The van der Waals surface area contributed by atoms with E-state index in [9.17, 15) is 14.5 Å². The molecular weight excluding hydrogens is 247 g/mol. The first-order chi connectivity index (χ1) is 7.58. The molecule has 1 fully saturated rings. The monoisotopic (exact) mass is 260 g/mol. The summed E-state index contributed by atoms with van der Waals surface area (Å²) in [5, 5.41) is 10.6. The van der Waals surface area contributed by atoms with Crippen molar-refractivity contribution in [1.29, 1.82) is 0 Å². The predicted molar refractivity (Wildman–Crippen MR) is 64.6 cm³/mol. The summed E-state index contributed by atoms with van der Waals surface area (Å²) in [6, 6.07) is 3.07. The maximum absolute atomic E-state index is 13.5. The first-order valence-electron chi connectivity index (χ1n) is 5.27. The van der Waals surface area contributed by atoms with Crippen molar-refractivity contribution in [2.75, 3.05) is 0 Å². The van der Waals surface area contributed by atoms with Gasteiger partial charge in [-0.3, -0.25) is 10.1 Å². The van der Waals surface area contributed by atoms with Gasteiger partial charge in [-0.15, -0.1) is 12.4 Å². The number of benzene rings is 1. The largest absolute Gasteiger partial charge is 0.324 e. The number of nitrogens with two attached hydrogens (primary N) is 1. The Balaban J connectivity index is 0.00000144. The van der Waals surface area contributed by atoms with Gasteiger partial charge in [0, 0.05) is 23.7 Å². The van der Waals surface area contributed by atoms with Crippen molar-refractivity contribution in [3.05, 3.63) is 39.7 Å². The van der Waals surface area contributed by atoms with Crippen LogP contribution in [0.25, 0.3) is 0 Å². The molecule has 6 heteroatoms. The average Bonchev–Trinajstić information content (AvgIpc) is 3.01. The third-order valence-electron chi connectivity index (χ3n) is 2.87. The van der Waals surface area contributed by atoms with E-state index in [4.69, 9.17) is 5.73 Å². The van der Waals surface area contributed by atoms with Crippen molar-refractivity contribution in [2.45, 2.75) is 25.3 Å². The molecule has 0 radical (unpaired) electrons. The minimum Gasteiger partial charge on any atom is -0.324 e. The highest BCUT2D eigenvalue weighted by atomic mass is 35.5. The van der Waals surface area contributed by atoms with E-state index in [1.165, 1.54) is 6.07 Å². The summed E-state index contributed by atoms with van der Waals surface area (Å²) in [6.07, 6.45) is 2.96. The summed E-state index contributed by atoms with van der Waals surface area (Å²) >= 11 is 0. The first-order valence-corrected chi connectivity index (χ1v) is 5.27. The van der Waals surface area contributed by atoms with Crippen molar-refractivity contribution in [2.24, 2.45) is 11.7 Å². The third kappa shape index (κ3) is 3.38.